The lowest BCUT2D eigenvalue weighted by Crippen LogP contribution is -2.35. The van der Waals surface area contributed by atoms with E-state index in [-0.39, 0.29) is 5.56 Å². The van der Waals surface area contributed by atoms with Crippen LogP contribution in [0, 0.1) is 13.8 Å². The number of H-pyrrole nitrogens is 2. The van der Waals surface area contributed by atoms with Crippen LogP contribution in [0.4, 0.5) is 0 Å². The Kier molecular flexibility index (Phi) is 3.93. The highest BCUT2D eigenvalue weighted by Gasteiger charge is 2.22. The largest absolute Gasteiger partial charge is 0.362 e. The van der Waals surface area contributed by atoms with Crippen LogP contribution < -0.4 is 5.56 Å². The molecule has 3 aromatic rings. The molecule has 128 valence electrons. The second kappa shape index (κ2) is 6.25. The van der Waals surface area contributed by atoms with Crippen LogP contribution in [0.2, 0.25) is 0 Å². The molecule has 4 heterocycles. The average molecular weight is 336 g/mol. The molecule has 0 fully saturated rings. The third kappa shape index (κ3) is 3.10. The van der Waals surface area contributed by atoms with Gasteiger partial charge in [-0.15, -0.1) is 0 Å². The van der Waals surface area contributed by atoms with Crippen molar-refractivity contribution in [2.75, 3.05) is 6.54 Å². The minimum atomic E-state index is -0.0736. The van der Waals surface area contributed by atoms with Gasteiger partial charge in [0.25, 0.3) is 5.56 Å². The zero-order valence-corrected chi connectivity index (χ0v) is 14.3. The fourth-order valence-electron chi connectivity index (χ4n) is 3.36. The van der Waals surface area contributed by atoms with Gasteiger partial charge in [-0.05, 0) is 25.5 Å². The summed E-state index contributed by atoms with van der Waals surface area (Å²) in [6, 6.07) is 2.17. The molecule has 1 aliphatic heterocycles. The molecule has 25 heavy (non-hydrogen) atoms. The van der Waals surface area contributed by atoms with E-state index in [4.69, 9.17) is 0 Å². The zero-order chi connectivity index (χ0) is 17.4. The van der Waals surface area contributed by atoms with E-state index < -0.39 is 0 Å². The third-order valence-electron chi connectivity index (χ3n) is 4.63. The summed E-state index contributed by atoms with van der Waals surface area (Å²) in [5.41, 5.74) is 5.92. The highest BCUT2D eigenvalue weighted by atomic mass is 16.1. The van der Waals surface area contributed by atoms with E-state index in [1.165, 1.54) is 23.3 Å². The predicted molar refractivity (Wildman–Crippen MR) is 94.0 cm³/mol. The fourth-order valence-corrected chi connectivity index (χ4v) is 3.36. The van der Waals surface area contributed by atoms with E-state index in [1.807, 2.05) is 0 Å². The summed E-state index contributed by atoms with van der Waals surface area (Å²) in [7, 11) is 0. The third-order valence-corrected chi connectivity index (χ3v) is 4.63. The number of aromatic amines is 2. The van der Waals surface area contributed by atoms with Crippen molar-refractivity contribution in [3.8, 4) is 11.4 Å². The fraction of sp³-hybridized carbons (Fsp3) is 0.333. The minimum Gasteiger partial charge on any atom is -0.362 e. The summed E-state index contributed by atoms with van der Waals surface area (Å²) in [6.45, 7) is 6.49. The maximum absolute atomic E-state index is 12.6. The summed E-state index contributed by atoms with van der Waals surface area (Å²) in [4.78, 5) is 33.7. The maximum atomic E-state index is 12.6. The van der Waals surface area contributed by atoms with Crippen LogP contribution in [0.3, 0.4) is 0 Å². The lowest BCUT2D eigenvalue weighted by Gasteiger charge is -2.27. The van der Waals surface area contributed by atoms with E-state index in [9.17, 15) is 4.79 Å². The van der Waals surface area contributed by atoms with Crippen molar-refractivity contribution in [2.45, 2.75) is 33.4 Å². The van der Waals surface area contributed by atoms with Crippen molar-refractivity contribution >= 4 is 0 Å². The topological polar surface area (TPSA) is 90.6 Å². The van der Waals surface area contributed by atoms with Crippen molar-refractivity contribution in [1.82, 2.24) is 29.8 Å². The van der Waals surface area contributed by atoms with E-state index in [2.05, 4.69) is 49.7 Å². The van der Waals surface area contributed by atoms with Gasteiger partial charge >= 0.3 is 0 Å². The smallest absolute Gasteiger partial charge is 0.255 e. The van der Waals surface area contributed by atoms with E-state index in [0.717, 1.165) is 36.3 Å². The van der Waals surface area contributed by atoms with Gasteiger partial charge in [0, 0.05) is 49.8 Å². The molecule has 7 nitrogen and oxygen atoms in total. The van der Waals surface area contributed by atoms with Gasteiger partial charge in [0.2, 0.25) is 0 Å². The average Bonchev–Trinajstić information content (AvgIpc) is 2.93. The highest BCUT2D eigenvalue weighted by molar-refractivity contribution is 5.52. The number of rotatable bonds is 3. The van der Waals surface area contributed by atoms with Crippen molar-refractivity contribution in [3.05, 3.63) is 63.3 Å². The molecule has 4 rings (SSSR count). The van der Waals surface area contributed by atoms with Crippen LogP contribution >= 0.6 is 0 Å². The first-order chi connectivity index (χ1) is 12.1. The molecule has 0 aromatic carbocycles. The van der Waals surface area contributed by atoms with Gasteiger partial charge in [0.05, 0.1) is 16.8 Å². The van der Waals surface area contributed by atoms with Crippen LogP contribution in [-0.4, -0.2) is 36.4 Å². The number of nitrogens with zero attached hydrogens (tertiary/aromatic N) is 4. The molecule has 7 heteroatoms. The molecule has 2 N–H and O–H groups in total. The summed E-state index contributed by atoms with van der Waals surface area (Å²) >= 11 is 0. The Hall–Kier alpha value is -2.80. The molecule has 0 radical (unpaired) electrons. The van der Waals surface area contributed by atoms with Gasteiger partial charge < -0.3 is 9.97 Å². The van der Waals surface area contributed by atoms with Crippen LogP contribution in [0.5, 0.6) is 0 Å². The Balaban J connectivity index is 1.59. The van der Waals surface area contributed by atoms with E-state index >= 15 is 0 Å². The molecule has 0 saturated carbocycles. The first-order valence-electron chi connectivity index (χ1n) is 8.35. The zero-order valence-electron chi connectivity index (χ0n) is 14.3. The Morgan fingerprint density at radius 3 is 2.72 bits per heavy atom. The van der Waals surface area contributed by atoms with Gasteiger partial charge in [-0.25, -0.2) is 15.0 Å². The lowest BCUT2D eigenvalue weighted by atomic mass is 10.1. The molecule has 0 saturated heterocycles. The predicted octanol–water partition coefficient (Wildman–Crippen LogP) is 1.73. The monoisotopic (exact) mass is 336 g/mol. The second-order valence-electron chi connectivity index (χ2n) is 6.53. The Labute approximate surface area is 145 Å². The first kappa shape index (κ1) is 15.7. The second-order valence-corrected chi connectivity index (χ2v) is 6.53. The number of hydrogen-bond acceptors (Lipinski definition) is 5. The lowest BCUT2D eigenvalue weighted by molar-refractivity contribution is 0.241. The molecule has 0 aliphatic carbocycles. The van der Waals surface area contributed by atoms with Crippen LogP contribution in [0.1, 0.15) is 28.2 Å². The van der Waals surface area contributed by atoms with Crippen LogP contribution in [-0.2, 0) is 19.5 Å². The molecular weight excluding hydrogens is 316 g/mol. The molecule has 0 amide bonds. The highest BCUT2D eigenvalue weighted by Crippen LogP contribution is 2.20. The number of hydrogen-bond donors (Lipinski definition) is 2. The van der Waals surface area contributed by atoms with E-state index in [0.29, 0.717) is 12.4 Å². The normalized spacial score (nSPS) is 14.5. The maximum Gasteiger partial charge on any atom is 0.255 e. The molecule has 0 atom stereocenters. The van der Waals surface area contributed by atoms with Gasteiger partial charge in [-0.2, -0.15) is 0 Å². The van der Waals surface area contributed by atoms with Gasteiger partial charge in [-0.1, -0.05) is 0 Å². The van der Waals surface area contributed by atoms with Crippen LogP contribution in [0.15, 0.2) is 29.6 Å². The molecule has 1 aliphatic rings. The van der Waals surface area contributed by atoms with Crippen LogP contribution in [0.25, 0.3) is 11.4 Å². The molecule has 0 bridgehead atoms. The quantitative estimate of drug-likeness (QED) is 0.760. The van der Waals surface area contributed by atoms with Crippen molar-refractivity contribution in [2.24, 2.45) is 0 Å². The Morgan fingerprint density at radius 2 is 2.00 bits per heavy atom. The van der Waals surface area contributed by atoms with Gasteiger partial charge in [-0.3, -0.25) is 9.69 Å². The Bertz CT molecular complexity index is 959. The first-order valence-corrected chi connectivity index (χ1v) is 8.35. The van der Waals surface area contributed by atoms with Crippen molar-refractivity contribution in [3.63, 3.8) is 0 Å². The Morgan fingerprint density at radius 1 is 1.20 bits per heavy atom. The van der Waals surface area contributed by atoms with Gasteiger partial charge in [0.15, 0.2) is 0 Å². The standard InChI is InChI=1S/C18H20N6O/c1-11-5-13(12(2)21-11)8-24-4-3-16-15(9-24)18(25)23-17(22-16)14-6-19-10-20-7-14/h5-7,10,21H,3-4,8-9H2,1-2H3,(H,22,23,25). The SMILES string of the molecule is Cc1cc(CN2CCc3nc(-c4cncnc4)[nH]c(=O)c3C2)c(C)[nH]1. The molecular formula is C18H20N6O. The number of fused-ring (bicyclic) bond motifs is 1. The van der Waals surface area contributed by atoms with E-state index in [1.54, 1.807) is 12.4 Å². The molecule has 3 aromatic heterocycles. The molecule has 0 spiro atoms. The summed E-state index contributed by atoms with van der Waals surface area (Å²) in [5, 5.41) is 0. The number of aryl methyl sites for hydroxylation is 2. The number of nitrogens with one attached hydrogen (secondary N) is 2. The summed E-state index contributed by atoms with van der Waals surface area (Å²) < 4.78 is 0. The van der Waals surface area contributed by atoms with Gasteiger partial charge in [0.1, 0.15) is 12.2 Å². The summed E-state index contributed by atoms with van der Waals surface area (Å²) in [5.74, 6) is 0.537. The summed E-state index contributed by atoms with van der Waals surface area (Å²) in [6.07, 6.45) is 5.54. The van der Waals surface area contributed by atoms with Crippen molar-refractivity contribution < 1.29 is 0 Å². The number of aromatic nitrogens is 5. The molecule has 0 unspecified atom stereocenters. The minimum absolute atomic E-state index is 0.0736. The van der Waals surface area contributed by atoms with Crippen molar-refractivity contribution in [1.29, 1.82) is 0 Å².